The van der Waals surface area contributed by atoms with Crippen molar-refractivity contribution in [1.29, 1.82) is 0 Å². The van der Waals surface area contributed by atoms with Crippen molar-refractivity contribution in [3.63, 3.8) is 0 Å². The van der Waals surface area contributed by atoms with E-state index in [1.165, 1.54) is 11.3 Å². The van der Waals surface area contributed by atoms with Gasteiger partial charge in [-0.25, -0.2) is 4.79 Å². The molecular weight excluding hydrogens is 466 g/mol. The molecule has 0 bridgehead atoms. The summed E-state index contributed by atoms with van der Waals surface area (Å²) < 4.78 is 5.44. The molecule has 0 aromatic heterocycles. The molecule has 0 radical (unpaired) electrons. The second-order valence-electron chi connectivity index (χ2n) is 11.0. The number of rotatable bonds is 8. The van der Waals surface area contributed by atoms with Gasteiger partial charge in [0.15, 0.2) is 0 Å². The standard InChI is InChI=1S/C30H41N3O4/c1-21-16-18-23(19-17-21)26(27(34)31-24-14-10-7-11-15-24)33(5)28(35)25(20-22-12-8-6-9-13-22)32-29(36)37-30(2,3)4/h6,8-9,12-13,16-19,24-26H,7,10-11,14-15,20H2,1-5H3,(H,31,34)(H,32,36). The predicted molar refractivity (Wildman–Crippen MR) is 145 cm³/mol. The van der Waals surface area contributed by atoms with Crippen LogP contribution in [-0.4, -0.2) is 47.5 Å². The second kappa shape index (κ2) is 12.7. The fourth-order valence-electron chi connectivity index (χ4n) is 4.70. The largest absolute Gasteiger partial charge is 0.444 e. The van der Waals surface area contributed by atoms with Crippen LogP contribution in [0.15, 0.2) is 54.6 Å². The number of alkyl carbamates (subject to hydrolysis) is 1. The van der Waals surface area contributed by atoms with Crippen molar-refractivity contribution in [2.45, 2.75) is 89.9 Å². The van der Waals surface area contributed by atoms with Gasteiger partial charge in [-0.3, -0.25) is 9.59 Å². The summed E-state index contributed by atoms with van der Waals surface area (Å²) in [5, 5.41) is 5.94. The third-order valence-electron chi connectivity index (χ3n) is 6.60. The molecule has 0 heterocycles. The van der Waals surface area contributed by atoms with Crippen LogP contribution in [0.1, 0.15) is 75.6 Å². The smallest absolute Gasteiger partial charge is 0.408 e. The molecule has 0 aliphatic heterocycles. The SMILES string of the molecule is Cc1ccc(C(C(=O)NC2CCCCC2)N(C)C(=O)C(Cc2ccccc2)NC(=O)OC(C)(C)C)cc1. The van der Waals surface area contributed by atoms with E-state index < -0.39 is 23.8 Å². The summed E-state index contributed by atoms with van der Waals surface area (Å²) in [6, 6.07) is 15.5. The Hall–Kier alpha value is -3.35. The molecule has 2 unspecified atom stereocenters. The quantitative estimate of drug-likeness (QED) is 0.522. The molecule has 1 fully saturated rings. The lowest BCUT2D eigenvalue weighted by atomic mass is 9.94. The van der Waals surface area contributed by atoms with Crippen molar-refractivity contribution in [3.05, 3.63) is 71.3 Å². The van der Waals surface area contributed by atoms with Gasteiger partial charge in [0.1, 0.15) is 17.7 Å². The van der Waals surface area contributed by atoms with Crippen molar-refractivity contribution >= 4 is 17.9 Å². The van der Waals surface area contributed by atoms with E-state index in [2.05, 4.69) is 10.6 Å². The minimum atomic E-state index is -0.905. The third-order valence-corrected chi connectivity index (χ3v) is 6.60. The number of hydrogen-bond acceptors (Lipinski definition) is 4. The zero-order valence-electron chi connectivity index (χ0n) is 22.8. The summed E-state index contributed by atoms with van der Waals surface area (Å²) in [7, 11) is 1.63. The first-order chi connectivity index (χ1) is 17.5. The number of ether oxygens (including phenoxy) is 1. The van der Waals surface area contributed by atoms with Gasteiger partial charge in [0.25, 0.3) is 0 Å². The van der Waals surface area contributed by atoms with E-state index in [4.69, 9.17) is 4.74 Å². The van der Waals surface area contributed by atoms with E-state index in [0.717, 1.165) is 42.4 Å². The molecular formula is C30H41N3O4. The first-order valence-electron chi connectivity index (χ1n) is 13.2. The highest BCUT2D eigenvalue weighted by Gasteiger charge is 2.35. The van der Waals surface area contributed by atoms with E-state index in [1.54, 1.807) is 27.8 Å². The predicted octanol–water partition coefficient (Wildman–Crippen LogP) is 5.08. The summed E-state index contributed by atoms with van der Waals surface area (Å²) >= 11 is 0. The van der Waals surface area contributed by atoms with E-state index in [9.17, 15) is 14.4 Å². The lowest BCUT2D eigenvalue weighted by Gasteiger charge is -2.33. The van der Waals surface area contributed by atoms with E-state index in [-0.39, 0.29) is 24.3 Å². The molecule has 2 aromatic rings. The number of hydrogen-bond donors (Lipinski definition) is 2. The maximum Gasteiger partial charge on any atom is 0.408 e. The monoisotopic (exact) mass is 507 g/mol. The zero-order valence-corrected chi connectivity index (χ0v) is 22.8. The lowest BCUT2D eigenvalue weighted by molar-refractivity contribution is -0.141. The van der Waals surface area contributed by atoms with Gasteiger partial charge in [-0.1, -0.05) is 79.4 Å². The summed E-state index contributed by atoms with van der Waals surface area (Å²) in [4.78, 5) is 41.6. The molecule has 1 saturated carbocycles. The van der Waals surface area contributed by atoms with Crippen LogP contribution in [-0.2, 0) is 20.7 Å². The molecule has 2 atom stereocenters. The van der Waals surface area contributed by atoms with Crippen LogP contribution in [0.2, 0.25) is 0 Å². The Balaban J connectivity index is 1.88. The van der Waals surface area contributed by atoms with Gasteiger partial charge < -0.3 is 20.3 Å². The van der Waals surface area contributed by atoms with Gasteiger partial charge in [-0.15, -0.1) is 0 Å². The average molecular weight is 508 g/mol. The highest BCUT2D eigenvalue weighted by atomic mass is 16.6. The third kappa shape index (κ3) is 8.62. The van der Waals surface area contributed by atoms with Crippen molar-refractivity contribution in [2.75, 3.05) is 7.05 Å². The minimum Gasteiger partial charge on any atom is -0.444 e. The minimum absolute atomic E-state index is 0.109. The van der Waals surface area contributed by atoms with Gasteiger partial charge in [0.05, 0.1) is 0 Å². The molecule has 0 spiro atoms. The van der Waals surface area contributed by atoms with Crippen LogP contribution in [0.4, 0.5) is 4.79 Å². The van der Waals surface area contributed by atoms with Crippen LogP contribution in [0.25, 0.3) is 0 Å². The van der Waals surface area contributed by atoms with Gasteiger partial charge in [0, 0.05) is 19.5 Å². The summed E-state index contributed by atoms with van der Waals surface area (Å²) in [6.07, 6.45) is 4.86. The van der Waals surface area contributed by atoms with Crippen molar-refractivity contribution < 1.29 is 19.1 Å². The maximum atomic E-state index is 13.9. The van der Waals surface area contributed by atoms with Gasteiger partial charge in [-0.05, 0) is 51.7 Å². The maximum absolute atomic E-state index is 13.9. The molecule has 7 heteroatoms. The van der Waals surface area contributed by atoms with Crippen molar-refractivity contribution in [2.24, 2.45) is 0 Å². The normalized spacial score (nSPS) is 15.8. The number of likely N-dealkylation sites (N-methyl/N-ethyl adjacent to an activating group) is 1. The van der Waals surface area contributed by atoms with E-state index in [1.807, 2.05) is 61.5 Å². The number of carbonyl (C=O) groups is 3. The summed E-state index contributed by atoms with van der Waals surface area (Å²) in [6.45, 7) is 7.30. The molecule has 7 nitrogen and oxygen atoms in total. The number of carbonyl (C=O) groups excluding carboxylic acids is 3. The van der Waals surface area contributed by atoms with Crippen LogP contribution in [0.5, 0.6) is 0 Å². The molecule has 1 aliphatic rings. The zero-order chi connectivity index (χ0) is 27.0. The van der Waals surface area contributed by atoms with Gasteiger partial charge >= 0.3 is 6.09 Å². The molecule has 3 rings (SSSR count). The highest BCUT2D eigenvalue weighted by molar-refractivity contribution is 5.92. The first kappa shape index (κ1) is 28.2. The Morgan fingerprint density at radius 3 is 2.19 bits per heavy atom. The Kier molecular flexibility index (Phi) is 9.73. The Morgan fingerprint density at radius 2 is 1.59 bits per heavy atom. The van der Waals surface area contributed by atoms with Crippen LogP contribution in [0.3, 0.4) is 0 Å². The summed E-state index contributed by atoms with van der Waals surface area (Å²) in [5.41, 5.74) is 1.98. The first-order valence-corrected chi connectivity index (χ1v) is 13.2. The average Bonchev–Trinajstić information content (AvgIpc) is 2.84. The van der Waals surface area contributed by atoms with Crippen molar-refractivity contribution in [3.8, 4) is 0 Å². The topological polar surface area (TPSA) is 87.7 Å². The number of benzene rings is 2. The number of nitrogens with one attached hydrogen (secondary N) is 2. The Labute approximate surface area is 221 Å². The molecule has 200 valence electrons. The number of aryl methyl sites for hydroxylation is 1. The van der Waals surface area contributed by atoms with Crippen LogP contribution >= 0.6 is 0 Å². The van der Waals surface area contributed by atoms with E-state index >= 15 is 0 Å². The number of amides is 3. The molecule has 0 saturated heterocycles. The molecule has 2 N–H and O–H groups in total. The molecule has 3 amide bonds. The second-order valence-corrected chi connectivity index (χ2v) is 11.0. The van der Waals surface area contributed by atoms with Gasteiger partial charge in [0.2, 0.25) is 11.8 Å². The van der Waals surface area contributed by atoms with Crippen LogP contribution < -0.4 is 10.6 Å². The fourth-order valence-corrected chi connectivity index (χ4v) is 4.70. The highest BCUT2D eigenvalue weighted by Crippen LogP contribution is 2.24. The number of nitrogens with zero attached hydrogens (tertiary/aromatic N) is 1. The Morgan fingerprint density at radius 1 is 0.973 bits per heavy atom. The fraction of sp³-hybridized carbons (Fsp3) is 0.500. The molecule has 1 aliphatic carbocycles. The van der Waals surface area contributed by atoms with E-state index in [0.29, 0.717) is 0 Å². The molecule has 37 heavy (non-hydrogen) atoms. The lowest BCUT2D eigenvalue weighted by Crippen LogP contribution is -2.53. The molecule has 2 aromatic carbocycles. The van der Waals surface area contributed by atoms with Crippen molar-refractivity contribution in [1.82, 2.24) is 15.5 Å². The van der Waals surface area contributed by atoms with Gasteiger partial charge in [-0.2, -0.15) is 0 Å². The van der Waals surface area contributed by atoms with Crippen LogP contribution in [0, 0.1) is 6.92 Å². The Bertz CT molecular complexity index is 1040. The summed E-state index contributed by atoms with van der Waals surface area (Å²) in [5.74, 6) is -0.568.